The number of amides is 1. The largest absolute Gasteiger partial charge is 0.352 e. The Balaban J connectivity index is 0.00000133. The lowest BCUT2D eigenvalue weighted by Crippen LogP contribution is -2.32. The van der Waals surface area contributed by atoms with Crippen LogP contribution in [-0.4, -0.2) is 27.0 Å². The van der Waals surface area contributed by atoms with Crippen molar-refractivity contribution in [2.24, 2.45) is 0 Å². The van der Waals surface area contributed by atoms with Gasteiger partial charge in [0, 0.05) is 30.8 Å². The molecule has 0 fully saturated rings. The molecule has 0 radical (unpaired) electrons. The van der Waals surface area contributed by atoms with Crippen molar-refractivity contribution in [1.82, 2.24) is 14.6 Å². The first kappa shape index (κ1) is 23.5. The van der Waals surface area contributed by atoms with Crippen LogP contribution in [0.15, 0.2) is 66.9 Å². The van der Waals surface area contributed by atoms with Crippen LogP contribution in [0.2, 0.25) is 0 Å². The molecular weight excluding hydrogens is 422 g/mol. The third-order valence-electron chi connectivity index (χ3n) is 6.05. The van der Waals surface area contributed by atoms with Crippen LogP contribution in [0.1, 0.15) is 61.7 Å². The van der Waals surface area contributed by atoms with Crippen molar-refractivity contribution >= 4 is 23.2 Å². The van der Waals surface area contributed by atoms with E-state index in [1.54, 1.807) is 6.20 Å². The molecule has 0 spiro atoms. The highest BCUT2D eigenvalue weighted by atomic mass is 16.1. The number of rotatable bonds is 3. The van der Waals surface area contributed by atoms with Gasteiger partial charge in [-0.15, -0.1) is 0 Å². The maximum atomic E-state index is 12.9. The fourth-order valence-corrected chi connectivity index (χ4v) is 4.19. The van der Waals surface area contributed by atoms with Crippen LogP contribution in [0.5, 0.6) is 0 Å². The number of aromatic nitrogens is 3. The molecule has 0 saturated carbocycles. The summed E-state index contributed by atoms with van der Waals surface area (Å²) in [6.07, 6.45) is 2.71. The molecule has 6 heteroatoms. The van der Waals surface area contributed by atoms with E-state index in [4.69, 9.17) is 0 Å². The summed E-state index contributed by atoms with van der Waals surface area (Å²) in [7, 11) is 0. The second-order valence-corrected chi connectivity index (χ2v) is 9.32. The molecule has 1 aliphatic rings. The maximum Gasteiger partial charge on any atom is 0.256 e. The molecule has 176 valence electrons. The molecule has 6 nitrogen and oxygen atoms in total. The van der Waals surface area contributed by atoms with Gasteiger partial charge in [0.1, 0.15) is 11.6 Å². The lowest BCUT2D eigenvalue weighted by molar-refractivity contribution is 0.102. The van der Waals surface area contributed by atoms with E-state index in [9.17, 15) is 4.79 Å². The lowest BCUT2D eigenvalue weighted by Gasteiger charge is -2.30. The molecule has 0 unspecified atom stereocenters. The van der Waals surface area contributed by atoms with Gasteiger partial charge in [-0.05, 0) is 40.7 Å². The number of hydrogen-bond acceptors (Lipinski definition) is 4. The summed E-state index contributed by atoms with van der Waals surface area (Å²) < 4.78 is 1.84. The molecule has 34 heavy (non-hydrogen) atoms. The first-order valence-electron chi connectivity index (χ1n) is 12.0. The molecule has 0 aliphatic carbocycles. The zero-order chi connectivity index (χ0) is 24.3. The summed E-state index contributed by atoms with van der Waals surface area (Å²) in [5.74, 6) is 1.28. The van der Waals surface area contributed by atoms with Crippen molar-refractivity contribution in [3.8, 4) is 0 Å². The first-order chi connectivity index (χ1) is 16.4. The van der Waals surface area contributed by atoms with Crippen molar-refractivity contribution in [2.45, 2.75) is 53.0 Å². The highest BCUT2D eigenvalue weighted by Crippen LogP contribution is 2.27. The van der Waals surface area contributed by atoms with Crippen molar-refractivity contribution < 1.29 is 4.79 Å². The smallest absolute Gasteiger partial charge is 0.256 e. The molecule has 1 N–H and O–H groups in total. The van der Waals surface area contributed by atoms with Crippen LogP contribution >= 0.6 is 0 Å². The molecule has 2 aromatic carbocycles. The van der Waals surface area contributed by atoms with Crippen LogP contribution in [0.3, 0.4) is 0 Å². The van der Waals surface area contributed by atoms with E-state index in [1.807, 2.05) is 54.8 Å². The first-order valence-corrected chi connectivity index (χ1v) is 12.0. The summed E-state index contributed by atoms with van der Waals surface area (Å²) in [4.78, 5) is 19.8. The molecule has 0 saturated heterocycles. The van der Waals surface area contributed by atoms with Crippen LogP contribution < -0.4 is 10.2 Å². The second-order valence-electron chi connectivity index (χ2n) is 9.32. The van der Waals surface area contributed by atoms with Crippen LogP contribution in [0, 0.1) is 0 Å². The van der Waals surface area contributed by atoms with E-state index >= 15 is 0 Å². The number of benzene rings is 2. The Morgan fingerprint density at radius 2 is 1.68 bits per heavy atom. The van der Waals surface area contributed by atoms with E-state index < -0.39 is 0 Å². The number of nitrogens with one attached hydrogen (secondary N) is 1. The Morgan fingerprint density at radius 3 is 2.38 bits per heavy atom. The molecule has 5 rings (SSSR count). The summed E-state index contributed by atoms with van der Waals surface area (Å²) in [6, 6.07) is 20.1. The molecule has 0 bridgehead atoms. The van der Waals surface area contributed by atoms with Gasteiger partial charge in [0.15, 0.2) is 5.65 Å². The molecule has 3 heterocycles. The molecule has 4 aromatic rings. The van der Waals surface area contributed by atoms with Crippen LogP contribution in [0.4, 0.5) is 11.6 Å². The minimum Gasteiger partial charge on any atom is -0.352 e. The Bertz CT molecular complexity index is 1280. The van der Waals surface area contributed by atoms with Gasteiger partial charge in [-0.25, -0.2) is 4.98 Å². The van der Waals surface area contributed by atoms with E-state index in [1.165, 1.54) is 16.7 Å². The number of carbonyl (C=O) groups is 1. The molecule has 2 aromatic heterocycles. The number of nitrogens with zero attached hydrogens (tertiary/aromatic N) is 4. The quantitative estimate of drug-likeness (QED) is 0.420. The van der Waals surface area contributed by atoms with Crippen LogP contribution in [-0.2, 0) is 18.4 Å². The predicted molar refractivity (Wildman–Crippen MR) is 139 cm³/mol. The highest BCUT2D eigenvalue weighted by Gasteiger charge is 2.21. The van der Waals surface area contributed by atoms with Gasteiger partial charge >= 0.3 is 0 Å². The lowest BCUT2D eigenvalue weighted by atomic mass is 9.87. The van der Waals surface area contributed by atoms with E-state index in [2.05, 4.69) is 65.3 Å². The van der Waals surface area contributed by atoms with Gasteiger partial charge < -0.3 is 10.2 Å². The summed E-state index contributed by atoms with van der Waals surface area (Å²) in [5, 5.41) is 7.44. The zero-order valence-corrected chi connectivity index (χ0v) is 20.7. The van der Waals surface area contributed by atoms with E-state index in [0.717, 1.165) is 25.3 Å². The number of fused-ring (bicyclic) bond motifs is 2. The molecule has 1 amide bonds. The van der Waals surface area contributed by atoms with Crippen molar-refractivity contribution in [3.63, 3.8) is 0 Å². The predicted octanol–water partition coefficient (Wildman–Crippen LogP) is 5.87. The number of hydrogen-bond donors (Lipinski definition) is 1. The Hall–Kier alpha value is -3.67. The molecule has 1 aliphatic heterocycles. The third-order valence-corrected chi connectivity index (χ3v) is 6.05. The third kappa shape index (κ3) is 4.81. The highest BCUT2D eigenvalue weighted by molar-refractivity contribution is 6.04. The second kappa shape index (κ2) is 9.67. The fraction of sp³-hybridized carbons (Fsp3) is 0.321. The monoisotopic (exact) mass is 455 g/mol. The van der Waals surface area contributed by atoms with Gasteiger partial charge in [-0.1, -0.05) is 71.0 Å². The normalized spacial score (nSPS) is 13.1. The van der Waals surface area contributed by atoms with E-state index in [-0.39, 0.29) is 11.3 Å². The number of anilines is 2. The minimum atomic E-state index is -0.170. The zero-order valence-electron chi connectivity index (χ0n) is 20.7. The molecular formula is C28H33N5O. The van der Waals surface area contributed by atoms with E-state index in [0.29, 0.717) is 17.0 Å². The maximum absolute atomic E-state index is 12.9. The van der Waals surface area contributed by atoms with Gasteiger partial charge in [0.05, 0.1) is 6.20 Å². The van der Waals surface area contributed by atoms with Gasteiger partial charge in [0.2, 0.25) is 0 Å². The SMILES string of the molecule is CC.CC(C)(C)c1ccc(C(=O)Nc2cc(N3CCc4ccccc4C3)n3nccc3n2)cc1. The Kier molecular flexibility index (Phi) is 6.68. The minimum absolute atomic E-state index is 0.0472. The standard InChI is InChI=1S/C26H27N5O.C2H6/c1-26(2,3)21-10-8-19(9-11-21)25(32)29-22-16-24(31-23(28-22)12-14-27-31)30-15-13-18-6-4-5-7-20(18)17-30;1-2/h4-12,14,16H,13,15,17H2,1-3H3,(H,28,29,32);1-2H3. The summed E-state index contributed by atoms with van der Waals surface area (Å²) in [6.45, 7) is 12.2. The van der Waals surface area contributed by atoms with Crippen molar-refractivity contribution in [1.29, 1.82) is 0 Å². The summed E-state index contributed by atoms with van der Waals surface area (Å²) >= 11 is 0. The van der Waals surface area contributed by atoms with Crippen molar-refractivity contribution in [3.05, 3.63) is 89.1 Å². The molecule has 0 atom stereocenters. The average Bonchev–Trinajstić information content (AvgIpc) is 3.33. The topological polar surface area (TPSA) is 62.5 Å². The van der Waals surface area contributed by atoms with Crippen molar-refractivity contribution in [2.75, 3.05) is 16.8 Å². The van der Waals surface area contributed by atoms with Gasteiger partial charge in [-0.3, -0.25) is 4.79 Å². The Labute approximate surface area is 201 Å². The fourth-order valence-electron chi connectivity index (χ4n) is 4.19. The summed E-state index contributed by atoms with van der Waals surface area (Å²) in [5.41, 5.74) is 5.27. The van der Waals surface area contributed by atoms with Gasteiger partial charge in [0.25, 0.3) is 5.91 Å². The Morgan fingerprint density at radius 1 is 0.971 bits per heavy atom. The van der Waals surface area contributed by atoms with Crippen LogP contribution in [0.25, 0.3) is 5.65 Å². The number of carbonyl (C=O) groups excluding carboxylic acids is 1. The average molecular weight is 456 g/mol. The van der Waals surface area contributed by atoms with Gasteiger partial charge in [-0.2, -0.15) is 9.61 Å².